The molecule has 0 fully saturated rings. The number of hydrogen-bond acceptors (Lipinski definition) is 4. The lowest BCUT2D eigenvalue weighted by Gasteiger charge is -2.12. The highest BCUT2D eigenvalue weighted by Gasteiger charge is 2.15. The molecule has 104 valence electrons. The Labute approximate surface area is 115 Å². The van der Waals surface area contributed by atoms with Gasteiger partial charge in [0.05, 0.1) is 17.0 Å². The van der Waals surface area contributed by atoms with Gasteiger partial charge in [0.15, 0.2) is 0 Å². The van der Waals surface area contributed by atoms with Crippen molar-refractivity contribution in [3.05, 3.63) is 35.9 Å². The summed E-state index contributed by atoms with van der Waals surface area (Å²) in [5.41, 5.74) is 6.30. The Bertz CT molecular complexity index is 670. The van der Waals surface area contributed by atoms with E-state index in [9.17, 15) is 9.59 Å². The number of para-hydroxylation sites is 1. The van der Waals surface area contributed by atoms with Crippen LogP contribution in [-0.2, 0) is 4.79 Å². The maximum absolute atomic E-state index is 11.5. The zero-order valence-electron chi connectivity index (χ0n) is 11.0. The highest BCUT2D eigenvalue weighted by Crippen LogP contribution is 2.20. The molecule has 0 spiro atoms. The topological polar surface area (TPSA) is 105 Å². The van der Waals surface area contributed by atoms with Crippen LogP contribution in [0.3, 0.4) is 0 Å². The van der Waals surface area contributed by atoms with E-state index in [0.717, 1.165) is 5.39 Å². The van der Waals surface area contributed by atoms with E-state index >= 15 is 0 Å². The van der Waals surface area contributed by atoms with E-state index in [2.05, 4.69) is 10.3 Å². The van der Waals surface area contributed by atoms with Crippen LogP contribution in [0.5, 0.6) is 0 Å². The first-order chi connectivity index (χ1) is 9.49. The van der Waals surface area contributed by atoms with Gasteiger partial charge in [-0.25, -0.2) is 4.98 Å². The van der Waals surface area contributed by atoms with Gasteiger partial charge in [-0.2, -0.15) is 0 Å². The molecule has 0 radical (unpaired) electrons. The molecule has 2 aromatic rings. The average molecular weight is 273 g/mol. The Morgan fingerprint density at radius 3 is 2.75 bits per heavy atom. The zero-order chi connectivity index (χ0) is 14.7. The largest absolute Gasteiger partial charge is 0.481 e. The van der Waals surface area contributed by atoms with Gasteiger partial charge in [-0.1, -0.05) is 25.1 Å². The molecule has 1 heterocycles. The Balaban J connectivity index is 2.37. The number of pyridine rings is 1. The van der Waals surface area contributed by atoms with Crippen molar-refractivity contribution >= 4 is 28.6 Å². The molecule has 0 saturated heterocycles. The van der Waals surface area contributed by atoms with Crippen LogP contribution in [0.25, 0.3) is 10.9 Å². The van der Waals surface area contributed by atoms with Gasteiger partial charge in [0.1, 0.15) is 5.82 Å². The predicted molar refractivity (Wildman–Crippen MR) is 75.6 cm³/mol. The van der Waals surface area contributed by atoms with Crippen LogP contribution in [0.4, 0.5) is 5.82 Å². The van der Waals surface area contributed by atoms with E-state index in [1.165, 1.54) is 0 Å². The number of rotatable bonds is 5. The Morgan fingerprint density at radius 1 is 1.40 bits per heavy atom. The Morgan fingerprint density at radius 2 is 2.10 bits per heavy atom. The number of carbonyl (C=O) groups is 2. The lowest BCUT2D eigenvalue weighted by atomic mass is 10.1. The number of carbonyl (C=O) groups excluding carboxylic acids is 1. The van der Waals surface area contributed by atoms with Crippen LogP contribution in [0, 0.1) is 5.92 Å². The molecule has 6 nitrogen and oxygen atoms in total. The van der Waals surface area contributed by atoms with E-state index < -0.39 is 17.8 Å². The highest BCUT2D eigenvalue weighted by molar-refractivity contribution is 6.01. The second kappa shape index (κ2) is 5.56. The summed E-state index contributed by atoms with van der Waals surface area (Å²) in [6.07, 6.45) is 0. The number of benzene rings is 1. The molecular weight excluding hydrogens is 258 g/mol. The molecule has 4 N–H and O–H groups in total. The molecule has 1 atom stereocenters. The number of aromatic nitrogens is 1. The minimum absolute atomic E-state index is 0.168. The Hall–Kier alpha value is -2.63. The van der Waals surface area contributed by atoms with Crippen molar-refractivity contribution < 1.29 is 14.7 Å². The fourth-order valence-corrected chi connectivity index (χ4v) is 1.78. The molecule has 1 aromatic heterocycles. The van der Waals surface area contributed by atoms with Crippen molar-refractivity contribution in [1.82, 2.24) is 4.98 Å². The van der Waals surface area contributed by atoms with E-state index in [-0.39, 0.29) is 12.1 Å². The molecule has 0 saturated carbocycles. The number of fused-ring (bicyclic) bond motifs is 1. The molecule has 1 aromatic carbocycles. The van der Waals surface area contributed by atoms with E-state index in [0.29, 0.717) is 11.3 Å². The number of carboxylic acid groups (broad SMARTS) is 1. The normalized spacial score (nSPS) is 12.1. The third kappa shape index (κ3) is 2.85. The minimum atomic E-state index is -0.918. The maximum atomic E-state index is 11.5. The van der Waals surface area contributed by atoms with Crippen molar-refractivity contribution in [2.75, 3.05) is 11.9 Å². The first kappa shape index (κ1) is 13.8. The Kier molecular flexibility index (Phi) is 3.84. The molecule has 1 unspecified atom stereocenters. The predicted octanol–water partition coefficient (Wildman–Crippen LogP) is 1.47. The maximum Gasteiger partial charge on any atom is 0.308 e. The van der Waals surface area contributed by atoms with Crippen LogP contribution < -0.4 is 11.1 Å². The van der Waals surface area contributed by atoms with Crippen molar-refractivity contribution in [2.45, 2.75) is 6.92 Å². The van der Waals surface area contributed by atoms with Gasteiger partial charge in [0, 0.05) is 11.9 Å². The third-order valence-electron chi connectivity index (χ3n) is 2.99. The van der Waals surface area contributed by atoms with Crippen LogP contribution >= 0.6 is 0 Å². The smallest absolute Gasteiger partial charge is 0.308 e. The van der Waals surface area contributed by atoms with E-state index in [1.807, 2.05) is 24.3 Å². The summed E-state index contributed by atoms with van der Waals surface area (Å²) in [5.74, 6) is -1.80. The number of nitrogens with one attached hydrogen (secondary N) is 1. The quantitative estimate of drug-likeness (QED) is 0.765. The number of primary amides is 1. The third-order valence-corrected chi connectivity index (χ3v) is 2.99. The van der Waals surface area contributed by atoms with Crippen molar-refractivity contribution in [1.29, 1.82) is 0 Å². The monoisotopic (exact) mass is 273 g/mol. The summed E-state index contributed by atoms with van der Waals surface area (Å²) in [5, 5.41) is 12.5. The summed E-state index contributed by atoms with van der Waals surface area (Å²) < 4.78 is 0. The highest BCUT2D eigenvalue weighted by atomic mass is 16.4. The number of amides is 1. The van der Waals surface area contributed by atoms with Crippen molar-refractivity contribution in [3.8, 4) is 0 Å². The minimum Gasteiger partial charge on any atom is -0.481 e. The average Bonchev–Trinajstić information content (AvgIpc) is 2.43. The molecule has 6 heteroatoms. The summed E-state index contributed by atoms with van der Waals surface area (Å²) >= 11 is 0. The second-order valence-electron chi connectivity index (χ2n) is 4.56. The van der Waals surface area contributed by atoms with E-state index in [4.69, 9.17) is 10.8 Å². The summed E-state index contributed by atoms with van der Waals surface area (Å²) in [6, 6.07) is 8.97. The number of anilines is 1. The fraction of sp³-hybridized carbons (Fsp3) is 0.214. The standard InChI is InChI=1S/C14H15N3O3/c1-8(14(19)20)7-16-13-10(12(15)18)6-9-4-2-3-5-11(9)17-13/h2-6,8H,7H2,1H3,(H2,15,18)(H,16,17)(H,19,20). The lowest BCUT2D eigenvalue weighted by Crippen LogP contribution is -2.22. The molecular formula is C14H15N3O3. The van der Waals surface area contributed by atoms with Crippen molar-refractivity contribution in [3.63, 3.8) is 0 Å². The number of hydrogen-bond donors (Lipinski definition) is 3. The lowest BCUT2D eigenvalue weighted by molar-refractivity contribution is -0.140. The SMILES string of the molecule is CC(CNc1nc2ccccc2cc1C(N)=O)C(=O)O. The van der Waals surface area contributed by atoms with Gasteiger partial charge in [-0.15, -0.1) is 0 Å². The molecule has 0 aliphatic carbocycles. The number of nitrogens with zero attached hydrogens (tertiary/aromatic N) is 1. The van der Waals surface area contributed by atoms with Crippen LogP contribution in [0.2, 0.25) is 0 Å². The first-order valence-corrected chi connectivity index (χ1v) is 6.15. The van der Waals surface area contributed by atoms with E-state index in [1.54, 1.807) is 13.0 Å². The summed E-state index contributed by atoms with van der Waals surface area (Å²) in [4.78, 5) is 26.6. The van der Waals surface area contributed by atoms with Gasteiger partial charge in [0.25, 0.3) is 5.91 Å². The number of nitrogens with two attached hydrogens (primary N) is 1. The summed E-state index contributed by atoms with van der Waals surface area (Å²) in [6.45, 7) is 1.74. The molecule has 1 amide bonds. The molecule has 0 aliphatic rings. The molecule has 20 heavy (non-hydrogen) atoms. The fourth-order valence-electron chi connectivity index (χ4n) is 1.78. The molecule has 0 aliphatic heterocycles. The van der Waals surface area contributed by atoms with Gasteiger partial charge in [-0.05, 0) is 12.1 Å². The second-order valence-corrected chi connectivity index (χ2v) is 4.56. The van der Waals surface area contributed by atoms with Crippen LogP contribution in [-0.4, -0.2) is 28.5 Å². The number of carboxylic acids is 1. The van der Waals surface area contributed by atoms with Crippen LogP contribution in [0.1, 0.15) is 17.3 Å². The van der Waals surface area contributed by atoms with Crippen LogP contribution in [0.15, 0.2) is 30.3 Å². The van der Waals surface area contributed by atoms with Crippen molar-refractivity contribution in [2.24, 2.45) is 11.7 Å². The van der Waals surface area contributed by atoms with Gasteiger partial charge < -0.3 is 16.2 Å². The number of aliphatic carboxylic acids is 1. The van der Waals surface area contributed by atoms with Gasteiger partial charge in [0.2, 0.25) is 0 Å². The first-order valence-electron chi connectivity index (χ1n) is 6.15. The molecule has 0 bridgehead atoms. The summed E-state index contributed by atoms with van der Waals surface area (Å²) in [7, 11) is 0. The van der Waals surface area contributed by atoms with Gasteiger partial charge in [-0.3, -0.25) is 9.59 Å². The molecule has 2 rings (SSSR count). The zero-order valence-corrected chi connectivity index (χ0v) is 11.0. The van der Waals surface area contributed by atoms with Gasteiger partial charge >= 0.3 is 5.97 Å².